The zero-order valence-corrected chi connectivity index (χ0v) is 35.6. The maximum Gasteiger partial charge on any atom is 0.306 e. The van der Waals surface area contributed by atoms with Crippen LogP contribution in [0.3, 0.4) is 0 Å². The number of esters is 1. The molecule has 0 saturated carbocycles. The maximum atomic E-state index is 12.4. The third kappa shape index (κ3) is 41.2. The van der Waals surface area contributed by atoms with E-state index in [2.05, 4.69) is 74.6 Å². The van der Waals surface area contributed by atoms with Crippen molar-refractivity contribution in [2.45, 2.75) is 161 Å². The van der Waals surface area contributed by atoms with Crippen LogP contribution in [0, 0.1) is 0 Å². The van der Waals surface area contributed by atoms with Gasteiger partial charge in [0.1, 0.15) is 19.3 Å². The van der Waals surface area contributed by atoms with E-state index >= 15 is 0 Å². The van der Waals surface area contributed by atoms with Crippen LogP contribution in [0.1, 0.15) is 155 Å². The van der Waals surface area contributed by atoms with Crippen molar-refractivity contribution in [2.24, 2.45) is 0 Å². The molecule has 0 aromatic carbocycles. The molecule has 0 aromatic rings. The molecule has 0 bridgehead atoms. The third-order valence-corrected chi connectivity index (χ3v) is 9.55. The number of carbonyl (C=O) groups is 1. The summed E-state index contributed by atoms with van der Waals surface area (Å²) in [6.07, 6.45) is 45.7. The van der Waals surface area contributed by atoms with Crippen molar-refractivity contribution in [1.29, 1.82) is 0 Å². The molecule has 0 aliphatic carbocycles. The average Bonchev–Trinajstić information content (AvgIpc) is 3.11. The van der Waals surface area contributed by atoms with E-state index in [1.807, 2.05) is 21.1 Å². The number of phosphoric acid groups is 1. The zero-order chi connectivity index (χ0) is 39.1. The third-order valence-electron chi connectivity index (χ3n) is 8.58. The van der Waals surface area contributed by atoms with E-state index in [-0.39, 0.29) is 25.8 Å². The van der Waals surface area contributed by atoms with Gasteiger partial charge in [0.25, 0.3) is 7.82 Å². The topological polar surface area (TPSA) is 94.1 Å². The van der Waals surface area contributed by atoms with Gasteiger partial charge in [-0.15, -0.1) is 0 Å². The number of quaternary nitrogens is 1. The van der Waals surface area contributed by atoms with E-state index in [1.165, 1.54) is 57.8 Å². The predicted molar refractivity (Wildman–Crippen MR) is 222 cm³/mol. The molecular weight excluding hydrogens is 685 g/mol. The number of allylic oxidation sites excluding steroid dienone is 10. The van der Waals surface area contributed by atoms with Gasteiger partial charge in [-0.2, -0.15) is 0 Å². The van der Waals surface area contributed by atoms with Gasteiger partial charge in [0.15, 0.2) is 0 Å². The van der Waals surface area contributed by atoms with Crippen LogP contribution in [-0.4, -0.2) is 70.7 Å². The van der Waals surface area contributed by atoms with Crippen LogP contribution < -0.4 is 4.89 Å². The number of nitrogens with zero attached hydrogens (tertiary/aromatic N) is 1. The van der Waals surface area contributed by atoms with Crippen LogP contribution in [0.4, 0.5) is 0 Å². The molecule has 0 spiro atoms. The van der Waals surface area contributed by atoms with Gasteiger partial charge in [-0.3, -0.25) is 9.36 Å². The lowest BCUT2D eigenvalue weighted by molar-refractivity contribution is -0.870. The molecule has 9 heteroatoms. The van der Waals surface area contributed by atoms with Crippen LogP contribution in [-0.2, 0) is 27.9 Å². The fourth-order valence-corrected chi connectivity index (χ4v) is 6.06. The Morgan fingerprint density at radius 1 is 0.604 bits per heavy atom. The summed E-state index contributed by atoms with van der Waals surface area (Å²) < 4.78 is 34.3. The second-order valence-corrected chi connectivity index (χ2v) is 16.4. The minimum Gasteiger partial charge on any atom is -0.756 e. The van der Waals surface area contributed by atoms with Crippen LogP contribution in [0.15, 0.2) is 60.8 Å². The second-order valence-electron chi connectivity index (χ2n) is 15.0. The highest BCUT2D eigenvalue weighted by atomic mass is 31.2. The minimum atomic E-state index is -4.51. The monoisotopic (exact) mass is 766 g/mol. The lowest BCUT2D eigenvalue weighted by atomic mass is 10.1. The maximum absolute atomic E-state index is 12.4. The SMILES string of the molecule is CC/C=C\C/C=C\C/C=C\C/C=C\C/C=C\CCCCCCCCCCCCOCC(COP(=O)([O-])OCC[N+](C)(C)C)OC(=O)CCCCCCC. The molecule has 0 heterocycles. The van der Waals surface area contributed by atoms with Gasteiger partial charge in [-0.1, -0.05) is 152 Å². The van der Waals surface area contributed by atoms with Gasteiger partial charge >= 0.3 is 5.97 Å². The van der Waals surface area contributed by atoms with E-state index in [1.54, 1.807) is 0 Å². The summed E-state index contributed by atoms with van der Waals surface area (Å²) in [4.78, 5) is 24.7. The molecule has 0 rings (SSSR count). The number of rotatable bonds is 38. The largest absolute Gasteiger partial charge is 0.756 e. The Balaban J connectivity index is 3.96. The van der Waals surface area contributed by atoms with Gasteiger partial charge in [0.2, 0.25) is 0 Å². The number of ether oxygens (including phenoxy) is 2. The number of hydrogen-bond acceptors (Lipinski definition) is 7. The molecule has 308 valence electrons. The van der Waals surface area contributed by atoms with Crippen molar-refractivity contribution in [3.05, 3.63) is 60.8 Å². The highest BCUT2D eigenvalue weighted by Gasteiger charge is 2.20. The molecule has 0 aliphatic rings. The molecule has 0 saturated heterocycles. The van der Waals surface area contributed by atoms with Crippen molar-refractivity contribution < 1.29 is 37.3 Å². The Bertz CT molecular complexity index is 1030. The Morgan fingerprint density at radius 2 is 1.09 bits per heavy atom. The summed E-state index contributed by atoms with van der Waals surface area (Å²) >= 11 is 0. The first-order valence-electron chi connectivity index (χ1n) is 21.0. The normalized spacial score (nSPS) is 14.5. The molecule has 2 atom stereocenters. The number of unbranched alkanes of at least 4 members (excludes halogenated alkanes) is 14. The van der Waals surface area contributed by atoms with E-state index in [9.17, 15) is 14.3 Å². The average molecular weight is 766 g/mol. The Labute approximate surface area is 326 Å². The van der Waals surface area contributed by atoms with Crippen LogP contribution >= 0.6 is 7.82 Å². The fourth-order valence-electron chi connectivity index (χ4n) is 5.34. The highest BCUT2D eigenvalue weighted by molar-refractivity contribution is 7.45. The lowest BCUT2D eigenvalue weighted by Gasteiger charge is -2.28. The summed E-state index contributed by atoms with van der Waals surface area (Å²) in [7, 11) is 1.34. The van der Waals surface area contributed by atoms with Crippen molar-refractivity contribution >= 4 is 13.8 Å². The van der Waals surface area contributed by atoms with Crippen LogP contribution in [0.2, 0.25) is 0 Å². The van der Waals surface area contributed by atoms with Gasteiger partial charge in [0.05, 0.1) is 34.4 Å². The van der Waals surface area contributed by atoms with Gasteiger partial charge in [-0.25, -0.2) is 0 Å². The molecule has 0 fully saturated rings. The molecule has 2 unspecified atom stereocenters. The molecular formula is C44H80NO7P. The Morgan fingerprint density at radius 3 is 1.64 bits per heavy atom. The highest BCUT2D eigenvalue weighted by Crippen LogP contribution is 2.38. The summed E-state index contributed by atoms with van der Waals surface area (Å²) in [5.74, 6) is -0.351. The van der Waals surface area contributed by atoms with Crippen LogP contribution in [0.5, 0.6) is 0 Å². The van der Waals surface area contributed by atoms with Crippen LogP contribution in [0.25, 0.3) is 0 Å². The smallest absolute Gasteiger partial charge is 0.306 e. The molecule has 53 heavy (non-hydrogen) atoms. The first-order chi connectivity index (χ1) is 25.6. The first-order valence-corrected chi connectivity index (χ1v) is 22.5. The lowest BCUT2D eigenvalue weighted by Crippen LogP contribution is -2.37. The second kappa shape index (κ2) is 37.1. The van der Waals surface area contributed by atoms with Gasteiger partial charge in [0, 0.05) is 13.0 Å². The molecule has 0 N–H and O–H groups in total. The van der Waals surface area contributed by atoms with E-state index in [4.69, 9.17) is 18.5 Å². The predicted octanol–water partition coefficient (Wildman–Crippen LogP) is 11.5. The van der Waals surface area contributed by atoms with E-state index in [0.29, 0.717) is 24.1 Å². The number of likely N-dealkylation sites (N-methyl/N-ethyl adjacent to an activating group) is 1. The molecule has 0 aliphatic heterocycles. The summed E-state index contributed by atoms with van der Waals surface area (Å²) in [5, 5.41) is 0. The standard InChI is InChI=1S/C44H80NO7P/c1-6-8-10-12-13-14-15-16-17-18-19-20-21-22-23-24-25-26-27-28-29-30-31-32-34-36-39-49-41-43(52-44(46)37-35-33-11-9-7-2)42-51-53(47,48)50-40-38-45(3,4)5/h8,10,13-14,16-17,19-20,22-23,43H,6-7,9,11-12,15,18,21,24-42H2,1-5H3/b10-8-,14-13-,17-16-,20-19-,23-22-. The van der Waals surface area contributed by atoms with Crippen molar-refractivity contribution in [1.82, 2.24) is 0 Å². The number of carbonyl (C=O) groups excluding carboxylic acids is 1. The molecule has 0 amide bonds. The van der Waals surface area contributed by atoms with E-state index in [0.717, 1.165) is 77.0 Å². The van der Waals surface area contributed by atoms with Crippen molar-refractivity contribution in [3.8, 4) is 0 Å². The molecule has 8 nitrogen and oxygen atoms in total. The number of hydrogen-bond donors (Lipinski definition) is 0. The van der Waals surface area contributed by atoms with Gasteiger partial charge in [-0.05, 0) is 57.8 Å². The van der Waals surface area contributed by atoms with Crippen molar-refractivity contribution in [2.75, 3.05) is 54.1 Å². The number of phosphoric ester groups is 1. The summed E-state index contributed by atoms with van der Waals surface area (Å²) in [6, 6.07) is 0. The van der Waals surface area contributed by atoms with Gasteiger partial charge < -0.3 is 27.9 Å². The quantitative estimate of drug-likeness (QED) is 0.0203. The summed E-state index contributed by atoms with van der Waals surface area (Å²) in [5.41, 5.74) is 0. The first kappa shape index (κ1) is 51.2. The van der Waals surface area contributed by atoms with Crippen molar-refractivity contribution in [3.63, 3.8) is 0 Å². The summed E-state index contributed by atoms with van der Waals surface area (Å²) in [6.45, 7) is 5.18. The molecule has 0 radical (unpaired) electrons. The van der Waals surface area contributed by atoms with E-state index < -0.39 is 13.9 Å². The minimum absolute atomic E-state index is 0.0232. The Hall–Kier alpha value is -1.80. The fraction of sp³-hybridized carbons (Fsp3) is 0.750. The Kier molecular flexibility index (Phi) is 35.9. The zero-order valence-electron chi connectivity index (χ0n) is 34.7. The molecule has 0 aromatic heterocycles.